The number of nitrogen functional groups attached to an aromatic ring is 1. The number of hydrazine groups is 1. The first-order valence-corrected chi connectivity index (χ1v) is 6.20. The molecule has 1 fully saturated rings. The molecule has 1 aromatic heterocycles. The molecule has 1 aliphatic rings. The molecule has 0 amide bonds. The van der Waals surface area contributed by atoms with Gasteiger partial charge in [-0.1, -0.05) is 11.8 Å². The number of aromatic nitrogens is 2. The molecule has 0 radical (unpaired) electrons. The second-order valence-electron chi connectivity index (χ2n) is 3.54. The second-order valence-corrected chi connectivity index (χ2v) is 4.32. The van der Waals surface area contributed by atoms with Gasteiger partial charge in [0.05, 0.1) is 0 Å². The molecule has 5 nitrogen and oxygen atoms in total. The lowest BCUT2D eigenvalue weighted by Crippen LogP contribution is -2.27. The van der Waals surface area contributed by atoms with E-state index in [1.165, 1.54) is 31.0 Å². The fraction of sp³-hybridized carbons (Fsp3) is 0.556. The number of thioether (sulfide) groups is 1. The molecule has 0 atom stereocenters. The van der Waals surface area contributed by atoms with Crippen molar-refractivity contribution in [1.29, 1.82) is 0 Å². The minimum absolute atomic E-state index is 0.570. The summed E-state index contributed by atoms with van der Waals surface area (Å²) in [5.74, 6) is 6.85. The molecule has 4 N–H and O–H groups in total. The average molecular weight is 225 g/mol. The summed E-state index contributed by atoms with van der Waals surface area (Å²) in [6.07, 6.45) is 5.71. The zero-order valence-corrected chi connectivity index (χ0v) is 9.47. The fourth-order valence-electron chi connectivity index (χ4n) is 1.43. The Bertz CT molecular complexity index is 317. The summed E-state index contributed by atoms with van der Waals surface area (Å²) in [5, 5.41) is 4.10. The predicted octanol–water partition coefficient (Wildman–Crippen LogP) is 1.45. The fourth-order valence-corrected chi connectivity index (χ4v) is 1.81. The Labute approximate surface area is 93.2 Å². The van der Waals surface area contributed by atoms with E-state index in [-0.39, 0.29) is 0 Å². The van der Waals surface area contributed by atoms with Gasteiger partial charge in [0, 0.05) is 12.1 Å². The van der Waals surface area contributed by atoms with Gasteiger partial charge in [0.1, 0.15) is 11.6 Å². The molecule has 15 heavy (non-hydrogen) atoms. The maximum Gasteiger partial charge on any atom is 0.191 e. The summed E-state index contributed by atoms with van der Waals surface area (Å²) in [7, 11) is 0. The molecule has 1 aromatic rings. The molecular weight excluding hydrogens is 210 g/mol. The molecule has 2 rings (SSSR count). The van der Waals surface area contributed by atoms with Gasteiger partial charge in [-0.3, -0.25) is 0 Å². The van der Waals surface area contributed by atoms with Gasteiger partial charge < -0.3 is 10.7 Å². The van der Waals surface area contributed by atoms with Crippen molar-refractivity contribution < 1.29 is 0 Å². The van der Waals surface area contributed by atoms with Gasteiger partial charge in [0.25, 0.3) is 0 Å². The van der Waals surface area contributed by atoms with Crippen molar-refractivity contribution in [1.82, 2.24) is 9.97 Å². The lowest BCUT2D eigenvalue weighted by Gasteiger charge is -2.27. The Kier molecular flexibility index (Phi) is 3.27. The third-order valence-electron chi connectivity index (χ3n) is 2.49. The van der Waals surface area contributed by atoms with Crippen LogP contribution in [0.2, 0.25) is 0 Å². The maximum absolute atomic E-state index is 5.34. The molecule has 0 spiro atoms. The summed E-state index contributed by atoms with van der Waals surface area (Å²) in [5.41, 5.74) is 2.55. The van der Waals surface area contributed by atoms with E-state index in [0.717, 1.165) is 11.0 Å². The molecule has 1 heterocycles. The molecular formula is C9H15N5S. The van der Waals surface area contributed by atoms with E-state index in [1.54, 1.807) is 0 Å². The Hall–Kier alpha value is -1.01. The topological polar surface area (TPSA) is 75.9 Å². The van der Waals surface area contributed by atoms with Crippen LogP contribution in [0, 0.1) is 0 Å². The van der Waals surface area contributed by atoms with Crippen LogP contribution in [0.4, 0.5) is 11.6 Å². The van der Waals surface area contributed by atoms with Crippen molar-refractivity contribution in [2.45, 2.75) is 30.5 Å². The van der Waals surface area contributed by atoms with E-state index < -0.39 is 0 Å². The molecule has 82 valence electrons. The van der Waals surface area contributed by atoms with E-state index >= 15 is 0 Å². The molecule has 6 heteroatoms. The Morgan fingerprint density at radius 1 is 1.40 bits per heavy atom. The predicted molar refractivity (Wildman–Crippen MR) is 62.9 cm³/mol. The minimum atomic E-state index is 0.570. The third-order valence-corrected chi connectivity index (χ3v) is 3.04. The highest BCUT2D eigenvalue weighted by molar-refractivity contribution is 7.98. The molecule has 1 saturated carbocycles. The SMILES string of the molecule is CSc1nc(NN)cc(NC2CCC2)n1. The van der Waals surface area contributed by atoms with Gasteiger partial charge in [0.15, 0.2) is 5.16 Å². The van der Waals surface area contributed by atoms with E-state index in [2.05, 4.69) is 20.7 Å². The number of nitrogens with zero attached hydrogens (tertiary/aromatic N) is 2. The second kappa shape index (κ2) is 4.67. The van der Waals surface area contributed by atoms with Crippen LogP contribution in [0.1, 0.15) is 19.3 Å². The van der Waals surface area contributed by atoms with Gasteiger partial charge in [-0.05, 0) is 25.5 Å². The normalized spacial score (nSPS) is 15.9. The highest BCUT2D eigenvalue weighted by Gasteiger charge is 2.17. The van der Waals surface area contributed by atoms with Crippen LogP contribution in [0.3, 0.4) is 0 Å². The highest BCUT2D eigenvalue weighted by Crippen LogP contribution is 2.24. The lowest BCUT2D eigenvalue weighted by atomic mass is 9.93. The van der Waals surface area contributed by atoms with Crippen molar-refractivity contribution >= 4 is 23.4 Å². The summed E-state index contributed by atoms with van der Waals surface area (Å²) in [6, 6.07) is 2.40. The highest BCUT2D eigenvalue weighted by atomic mass is 32.2. The quantitative estimate of drug-likeness (QED) is 0.312. The van der Waals surface area contributed by atoms with Crippen molar-refractivity contribution in [3.05, 3.63) is 6.07 Å². The largest absolute Gasteiger partial charge is 0.367 e. The number of nitrogens with two attached hydrogens (primary N) is 1. The monoisotopic (exact) mass is 225 g/mol. The summed E-state index contributed by atoms with van der Waals surface area (Å²) in [6.45, 7) is 0. The molecule has 1 aliphatic carbocycles. The number of anilines is 2. The van der Waals surface area contributed by atoms with Crippen LogP contribution in [0.15, 0.2) is 11.2 Å². The van der Waals surface area contributed by atoms with Crippen molar-refractivity contribution in [3.8, 4) is 0 Å². The van der Waals surface area contributed by atoms with E-state index in [9.17, 15) is 0 Å². The van der Waals surface area contributed by atoms with Crippen LogP contribution in [-0.4, -0.2) is 22.3 Å². The van der Waals surface area contributed by atoms with E-state index in [4.69, 9.17) is 5.84 Å². The first-order valence-electron chi connectivity index (χ1n) is 4.98. The average Bonchev–Trinajstić information content (AvgIpc) is 2.23. The van der Waals surface area contributed by atoms with Crippen molar-refractivity contribution in [2.24, 2.45) is 5.84 Å². The smallest absolute Gasteiger partial charge is 0.191 e. The third kappa shape index (κ3) is 2.51. The first-order chi connectivity index (χ1) is 7.31. The number of hydrogen-bond donors (Lipinski definition) is 3. The van der Waals surface area contributed by atoms with Crippen LogP contribution in [0.25, 0.3) is 0 Å². The van der Waals surface area contributed by atoms with Crippen LogP contribution in [0.5, 0.6) is 0 Å². The molecule has 0 aliphatic heterocycles. The molecule has 0 saturated heterocycles. The van der Waals surface area contributed by atoms with Gasteiger partial charge in [0.2, 0.25) is 0 Å². The first kappa shape index (κ1) is 10.5. The Morgan fingerprint density at radius 2 is 2.13 bits per heavy atom. The van der Waals surface area contributed by atoms with Crippen LogP contribution < -0.4 is 16.6 Å². The van der Waals surface area contributed by atoms with E-state index in [0.29, 0.717) is 11.9 Å². The lowest BCUT2D eigenvalue weighted by molar-refractivity contribution is 0.444. The van der Waals surface area contributed by atoms with Crippen LogP contribution >= 0.6 is 11.8 Å². The van der Waals surface area contributed by atoms with Crippen molar-refractivity contribution in [3.63, 3.8) is 0 Å². The Morgan fingerprint density at radius 3 is 2.67 bits per heavy atom. The van der Waals surface area contributed by atoms with E-state index in [1.807, 2.05) is 12.3 Å². The van der Waals surface area contributed by atoms with Gasteiger partial charge in [-0.2, -0.15) is 0 Å². The number of rotatable bonds is 4. The minimum Gasteiger partial charge on any atom is -0.367 e. The zero-order chi connectivity index (χ0) is 10.7. The van der Waals surface area contributed by atoms with Gasteiger partial charge in [-0.15, -0.1) is 0 Å². The molecule has 0 aromatic carbocycles. The number of nitrogens with one attached hydrogen (secondary N) is 2. The zero-order valence-electron chi connectivity index (χ0n) is 8.66. The van der Waals surface area contributed by atoms with Gasteiger partial charge >= 0.3 is 0 Å². The standard InChI is InChI=1S/C9H15N5S/c1-15-9-12-7(5-8(13-9)14-10)11-6-3-2-4-6/h5-6H,2-4,10H2,1H3,(H2,11,12,13,14). The summed E-state index contributed by atoms with van der Waals surface area (Å²) < 4.78 is 0. The van der Waals surface area contributed by atoms with Crippen LogP contribution in [-0.2, 0) is 0 Å². The Balaban J connectivity index is 2.13. The summed E-state index contributed by atoms with van der Waals surface area (Å²) >= 11 is 1.51. The van der Waals surface area contributed by atoms with Crippen molar-refractivity contribution in [2.75, 3.05) is 17.0 Å². The molecule has 0 unspecified atom stereocenters. The molecule has 0 bridgehead atoms. The van der Waals surface area contributed by atoms with Gasteiger partial charge in [-0.25, -0.2) is 15.8 Å². The summed E-state index contributed by atoms with van der Waals surface area (Å²) in [4.78, 5) is 8.56. The number of hydrogen-bond acceptors (Lipinski definition) is 6. The maximum atomic E-state index is 5.34.